The highest BCUT2D eigenvalue weighted by Crippen LogP contribution is 2.22. The second-order valence-electron chi connectivity index (χ2n) is 5.09. The number of carbonyl (C=O) groups is 1. The van der Waals surface area contributed by atoms with Crippen molar-refractivity contribution in [3.05, 3.63) is 35.1 Å². The van der Waals surface area contributed by atoms with Crippen LogP contribution in [0.2, 0.25) is 0 Å². The number of aryl methyl sites for hydroxylation is 1. The van der Waals surface area contributed by atoms with E-state index in [1.807, 2.05) is 26.0 Å². The molecule has 0 radical (unpaired) electrons. The average molecular weight is 352 g/mol. The van der Waals surface area contributed by atoms with Crippen LogP contribution in [0.5, 0.6) is 0 Å². The quantitative estimate of drug-likeness (QED) is 0.613. The van der Waals surface area contributed by atoms with E-state index in [1.165, 1.54) is 0 Å². The molecule has 0 spiro atoms. The second-order valence-corrected chi connectivity index (χ2v) is 7.62. The zero-order valence-electron chi connectivity index (χ0n) is 13.5. The molecule has 0 aliphatic rings. The number of urea groups is 1. The Balaban J connectivity index is 1.67. The van der Waals surface area contributed by atoms with Crippen molar-refractivity contribution < 1.29 is 4.79 Å². The summed E-state index contributed by atoms with van der Waals surface area (Å²) in [5.74, 6) is 0.913. The van der Waals surface area contributed by atoms with Gasteiger partial charge in [0.1, 0.15) is 5.01 Å². The molecule has 2 heterocycles. The Bertz CT molecular complexity index is 619. The summed E-state index contributed by atoms with van der Waals surface area (Å²) in [5, 5.41) is 12.0. The topological polar surface area (TPSA) is 71.0 Å². The van der Waals surface area contributed by atoms with Crippen molar-refractivity contribution in [2.45, 2.75) is 30.6 Å². The summed E-state index contributed by atoms with van der Waals surface area (Å²) in [6.45, 7) is 4.58. The summed E-state index contributed by atoms with van der Waals surface area (Å²) < 4.78 is 0.983. The third-order valence-corrected chi connectivity index (χ3v) is 5.46. The van der Waals surface area contributed by atoms with Gasteiger partial charge in [0.2, 0.25) is 0 Å². The molecular weight excluding hydrogens is 330 g/mol. The molecule has 0 aliphatic carbocycles. The van der Waals surface area contributed by atoms with Crippen LogP contribution in [0.4, 0.5) is 4.79 Å². The number of pyridine rings is 1. The first-order valence-electron chi connectivity index (χ1n) is 7.41. The summed E-state index contributed by atoms with van der Waals surface area (Å²) >= 11 is 3.27. The van der Waals surface area contributed by atoms with Crippen LogP contribution in [0, 0.1) is 6.92 Å². The van der Waals surface area contributed by atoms with Gasteiger partial charge in [0, 0.05) is 31.7 Å². The lowest BCUT2D eigenvalue weighted by molar-refractivity contribution is 0.194. The lowest BCUT2D eigenvalue weighted by Gasteiger charge is -2.25. The van der Waals surface area contributed by atoms with Crippen LogP contribution in [0.1, 0.15) is 30.0 Å². The molecule has 1 N–H and O–H groups in total. The van der Waals surface area contributed by atoms with E-state index in [-0.39, 0.29) is 12.1 Å². The zero-order valence-corrected chi connectivity index (χ0v) is 15.2. The second kappa shape index (κ2) is 8.83. The Morgan fingerprint density at radius 3 is 2.96 bits per heavy atom. The molecule has 0 saturated heterocycles. The predicted molar refractivity (Wildman–Crippen MR) is 93.8 cm³/mol. The van der Waals surface area contributed by atoms with Gasteiger partial charge in [0.25, 0.3) is 0 Å². The highest BCUT2D eigenvalue weighted by atomic mass is 32.2. The largest absolute Gasteiger partial charge is 0.338 e. The number of nitrogens with one attached hydrogen (secondary N) is 1. The van der Waals surface area contributed by atoms with E-state index in [9.17, 15) is 4.79 Å². The molecule has 2 rings (SSSR count). The molecule has 1 unspecified atom stereocenters. The molecule has 124 valence electrons. The summed E-state index contributed by atoms with van der Waals surface area (Å²) in [6.07, 6.45) is 4.41. The molecule has 0 fully saturated rings. The Kier molecular flexibility index (Phi) is 6.79. The lowest BCUT2D eigenvalue weighted by atomic mass is 10.1. The maximum atomic E-state index is 12.2. The number of nitrogens with zero attached hydrogens (tertiary/aromatic N) is 4. The van der Waals surface area contributed by atoms with E-state index in [0.29, 0.717) is 6.54 Å². The van der Waals surface area contributed by atoms with Gasteiger partial charge in [-0.3, -0.25) is 4.98 Å². The number of hydrogen-bond donors (Lipinski definition) is 1. The van der Waals surface area contributed by atoms with Gasteiger partial charge < -0.3 is 10.2 Å². The summed E-state index contributed by atoms with van der Waals surface area (Å²) in [6, 6.07) is 3.77. The summed E-state index contributed by atoms with van der Waals surface area (Å²) in [7, 11) is 1.80. The van der Waals surface area contributed by atoms with Crippen molar-refractivity contribution in [2.24, 2.45) is 0 Å². The minimum absolute atomic E-state index is 0.0116. The van der Waals surface area contributed by atoms with Crippen LogP contribution in [0.15, 0.2) is 28.9 Å². The molecule has 8 heteroatoms. The van der Waals surface area contributed by atoms with Crippen molar-refractivity contribution in [1.82, 2.24) is 25.4 Å². The number of amides is 2. The van der Waals surface area contributed by atoms with E-state index in [4.69, 9.17) is 0 Å². The first kappa shape index (κ1) is 17.7. The van der Waals surface area contributed by atoms with Crippen LogP contribution in [0.25, 0.3) is 0 Å². The SMILES string of the molecule is Cc1nnc(SCCCNC(=O)N(C)C(C)c2cccnc2)s1. The van der Waals surface area contributed by atoms with Crippen LogP contribution in [-0.4, -0.2) is 45.5 Å². The number of aromatic nitrogens is 3. The smallest absolute Gasteiger partial charge is 0.317 e. The van der Waals surface area contributed by atoms with E-state index < -0.39 is 0 Å². The van der Waals surface area contributed by atoms with Gasteiger partial charge in [0.15, 0.2) is 4.34 Å². The molecule has 0 bridgehead atoms. The van der Waals surface area contributed by atoms with Crippen LogP contribution in [-0.2, 0) is 0 Å². The van der Waals surface area contributed by atoms with Gasteiger partial charge in [-0.2, -0.15) is 0 Å². The number of rotatable bonds is 7. The molecule has 1 atom stereocenters. The van der Waals surface area contributed by atoms with Crippen molar-refractivity contribution in [3.8, 4) is 0 Å². The van der Waals surface area contributed by atoms with Gasteiger partial charge in [0.05, 0.1) is 6.04 Å². The Labute approximate surface area is 144 Å². The van der Waals surface area contributed by atoms with Crippen LogP contribution >= 0.6 is 23.1 Å². The van der Waals surface area contributed by atoms with Crippen molar-refractivity contribution in [2.75, 3.05) is 19.3 Å². The maximum Gasteiger partial charge on any atom is 0.317 e. The maximum absolute atomic E-state index is 12.2. The molecule has 2 amide bonds. The third-order valence-electron chi connectivity index (χ3n) is 3.40. The highest BCUT2D eigenvalue weighted by Gasteiger charge is 2.16. The molecule has 0 saturated carbocycles. The van der Waals surface area contributed by atoms with Crippen molar-refractivity contribution in [3.63, 3.8) is 0 Å². The predicted octanol–water partition coefficient (Wildman–Crippen LogP) is 3.13. The molecule has 23 heavy (non-hydrogen) atoms. The minimum atomic E-state index is -0.0712. The van der Waals surface area contributed by atoms with Gasteiger partial charge in [-0.15, -0.1) is 10.2 Å². The molecule has 0 aliphatic heterocycles. The fraction of sp³-hybridized carbons (Fsp3) is 0.467. The van der Waals surface area contributed by atoms with Crippen molar-refractivity contribution >= 4 is 29.1 Å². The normalized spacial score (nSPS) is 12.0. The van der Waals surface area contributed by atoms with Gasteiger partial charge in [-0.05, 0) is 31.9 Å². The third kappa shape index (κ3) is 5.47. The summed E-state index contributed by atoms with van der Waals surface area (Å²) in [4.78, 5) is 17.9. The first-order valence-corrected chi connectivity index (χ1v) is 9.21. The van der Waals surface area contributed by atoms with E-state index in [1.54, 1.807) is 47.4 Å². The fourth-order valence-corrected chi connectivity index (χ4v) is 3.74. The molecule has 2 aromatic rings. The Morgan fingerprint density at radius 1 is 1.48 bits per heavy atom. The van der Waals surface area contributed by atoms with Gasteiger partial charge in [-0.1, -0.05) is 29.2 Å². The zero-order chi connectivity index (χ0) is 16.7. The van der Waals surface area contributed by atoms with E-state index >= 15 is 0 Å². The highest BCUT2D eigenvalue weighted by molar-refractivity contribution is 8.01. The molecular formula is C15H21N5OS2. The van der Waals surface area contributed by atoms with Gasteiger partial charge >= 0.3 is 6.03 Å². The first-order chi connectivity index (χ1) is 11.1. The molecule has 2 aromatic heterocycles. The Hall–Kier alpha value is -1.67. The molecule has 6 nitrogen and oxygen atoms in total. The number of hydrogen-bond acceptors (Lipinski definition) is 6. The Morgan fingerprint density at radius 2 is 2.30 bits per heavy atom. The van der Waals surface area contributed by atoms with E-state index in [0.717, 1.165) is 27.1 Å². The average Bonchev–Trinajstić information content (AvgIpc) is 2.99. The number of carbonyl (C=O) groups excluding carboxylic acids is 1. The van der Waals surface area contributed by atoms with Gasteiger partial charge in [-0.25, -0.2) is 4.79 Å². The van der Waals surface area contributed by atoms with Crippen molar-refractivity contribution in [1.29, 1.82) is 0 Å². The van der Waals surface area contributed by atoms with E-state index in [2.05, 4.69) is 20.5 Å². The number of thioether (sulfide) groups is 1. The van der Waals surface area contributed by atoms with Crippen LogP contribution in [0.3, 0.4) is 0 Å². The van der Waals surface area contributed by atoms with Crippen LogP contribution < -0.4 is 5.32 Å². The molecule has 0 aromatic carbocycles. The standard InChI is InChI=1S/C15H21N5OS2/c1-11(13-6-4-7-16-10-13)20(3)14(21)17-8-5-9-22-15-19-18-12(2)23-15/h4,6-7,10-11H,5,8-9H2,1-3H3,(H,17,21). The lowest BCUT2D eigenvalue weighted by Crippen LogP contribution is -2.39. The summed E-state index contributed by atoms with van der Waals surface area (Å²) in [5.41, 5.74) is 1.02. The monoisotopic (exact) mass is 351 g/mol. The fourth-order valence-electron chi connectivity index (χ4n) is 1.91. The minimum Gasteiger partial charge on any atom is -0.338 e.